The number of thioether (sulfide) groups is 1. The molecule has 2 N–H and O–H groups in total. The highest BCUT2D eigenvalue weighted by molar-refractivity contribution is 14.1. The van der Waals surface area contributed by atoms with Crippen molar-refractivity contribution < 1.29 is 23.5 Å². The molecule has 5 nitrogen and oxygen atoms in total. The van der Waals surface area contributed by atoms with Gasteiger partial charge in [-0.2, -0.15) is 11.8 Å². The van der Waals surface area contributed by atoms with Crippen molar-refractivity contribution in [3.63, 3.8) is 0 Å². The van der Waals surface area contributed by atoms with E-state index in [1.807, 2.05) is 6.07 Å². The van der Waals surface area contributed by atoms with Crippen molar-refractivity contribution in [2.45, 2.75) is 6.92 Å². The third-order valence-electron chi connectivity index (χ3n) is 4.41. The molecule has 1 fully saturated rings. The third kappa shape index (κ3) is 4.24. The second-order valence-corrected chi connectivity index (χ2v) is 8.74. The number of hydrogen-bond acceptors (Lipinski definition) is 4. The quantitative estimate of drug-likeness (QED) is 0.584. The number of benzene rings is 2. The van der Waals surface area contributed by atoms with E-state index in [1.54, 1.807) is 30.8 Å². The molecular weight excluding hydrogens is 501 g/mol. The molecule has 0 aromatic heterocycles. The van der Waals surface area contributed by atoms with Gasteiger partial charge >= 0.3 is 5.97 Å². The van der Waals surface area contributed by atoms with Crippen LogP contribution in [0.25, 0.3) is 0 Å². The van der Waals surface area contributed by atoms with Crippen LogP contribution in [0.5, 0.6) is 0 Å². The van der Waals surface area contributed by atoms with Gasteiger partial charge in [0.1, 0.15) is 0 Å². The fourth-order valence-corrected chi connectivity index (χ4v) is 4.46. The number of carbonyl (C=O) groups excluding carboxylic acids is 1. The number of anilines is 2. The highest BCUT2D eigenvalue weighted by Crippen LogP contribution is 2.31. The summed E-state index contributed by atoms with van der Waals surface area (Å²) in [5.74, 6) is -3.48. The Morgan fingerprint density at radius 2 is 1.82 bits per heavy atom. The van der Waals surface area contributed by atoms with E-state index in [0.29, 0.717) is 30.3 Å². The molecule has 1 aliphatic rings. The van der Waals surface area contributed by atoms with Crippen molar-refractivity contribution in [1.82, 2.24) is 4.90 Å². The molecule has 0 saturated carbocycles. The van der Waals surface area contributed by atoms with E-state index in [1.165, 1.54) is 4.90 Å². The lowest BCUT2D eigenvalue weighted by Crippen LogP contribution is -2.38. The fraction of sp³-hybridized carbons (Fsp3) is 0.263. The second-order valence-electron chi connectivity index (χ2n) is 6.27. The Hall–Kier alpha value is -1.88. The van der Waals surface area contributed by atoms with Crippen molar-refractivity contribution >= 4 is 57.6 Å². The zero-order valence-corrected chi connectivity index (χ0v) is 17.9. The summed E-state index contributed by atoms with van der Waals surface area (Å²) in [5, 5.41) is 12.2. The number of aryl methyl sites for hydroxylation is 1. The van der Waals surface area contributed by atoms with E-state index >= 15 is 0 Å². The standard InChI is InChI=1S/C19H17F2IN2O3S/c1-10-8-11(22)2-3-14(10)23-17-13(19(26)27)9-12(15(20)16(17)21)18(25)24-4-6-28-7-5-24/h2-3,8-9,23H,4-7H2,1H3,(H,26,27). The molecular formula is C19H17F2IN2O3S. The van der Waals surface area contributed by atoms with Gasteiger partial charge in [-0.3, -0.25) is 4.79 Å². The molecule has 0 bridgehead atoms. The predicted molar refractivity (Wildman–Crippen MR) is 114 cm³/mol. The number of carbonyl (C=O) groups is 2. The lowest BCUT2D eigenvalue weighted by Gasteiger charge is -2.27. The lowest BCUT2D eigenvalue weighted by molar-refractivity contribution is 0.0697. The van der Waals surface area contributed by atoms with Gasteiger partial charge in [-0.05, 0) is 59.3 Å². The van der Waals surface area contributed by atoms with Crippen LogP contribution in [0.4, 0.5) is 20.2 Å². The second kappa shape index (κ2) is 8.64. The van der Waals surface area contributed by atoms with Gasteiger partial charge in [0.2, 0.25) is 0 Å². The Morgan fingerprint density at radius 1 is 1.14 bits per heavy atom. The van der Waals surface area contributed by atoms with Crippen LogP contribution in [0.2, 0.25) is 0 Å². The number of aromatic carboxylic acids is 1. The topological polar surface area (TPSA) is 69.6 Å². The first-order chi connectivity index (χ1) is 13.3. The number of halogens is 3. The number of amides is 1. The molecule has 1 heterocycles. The summed E-state index contributed by atoms with van der Waals surface area (Å²) < 4.78 is 30.5. The Bertz CT molecular complexity index is 949. The zero-order chi connectivity index (χ0) is 20.4. The first kappa shape index (κ1) is 20.8. The first-order valence-corrected chi connectivity index (χ1v) is 10.7. The number of rotatable bonds is 4. The fourth-order valence-electron chi connectivity index (χ4n) is 2.91. The highest BCUT2D eigenvalue weighted by Gasteiger charge is 2.29. The van der Waals surface area contributed by atoms with Gasteiger partial charge in [0.25, 0.3) is 5.91 Å². The molecule has 0 aliphatic carbocycles. The van der Waals surface area contributed by atoms with Crippen LogP contribution in [-0.4, -0.2) is 46.5 Å². The molecule has 0 radical (unpaired) electrons. The smallest absolute Gasteiger partial charge is 0.337 e. The monoisotopic (exact) mass is 518 g/mol. The molecule has 1 saturated heterocycles. The minimum atomic E-state index is -1.45. The molecule has 9 heteroatoms. The SMILES string of the molecule is Cc1cc(I)ccc1Nc1c(C(=O)O)cc(C(=O)N2CCSCC2)c(F)c1F. The summed E-state index contributed by atoms with van der Waals surface area (Å²) in [6.07, 6.45) is 0. The van der Waals surface area contributed by atoms with Crippen LogP contribution in [0.3, 0.4) is 0 Å². The summed E-state index contributed by atoms with van der Waals surface area (Å²) in [7, 11) is 0. The minimum Gasteiger partial charge on any atom is -0.478 e. The van der Waals surface area contributed by atoms with Crippen LogP contribution >= 0.6 is 34.4 Å². The van der Waals surface area contributed by atoms with Gasteiger partial charge in [-0.1, -0.05) is 0 Å². The van der Waals surface area contributed by atoms with Crippen molar-refractivity contribution in [3.05, 3.63) is 56.2 Å². The van der Waals surface area contributed by atoms with E-state index in [2.05, 4.69) is 27.9 Å². The van der Waals surface area contributed by atoms with Crippen molar-refractivity contribution in [2.24, 2.45) is 0 Å². The highest BCUT2D eigenvalue weighted by atomic mass is 127. The molecule has 1 aliphatic heterocycles. The number of carboxylic acid groups (broad SMARTS) is 1. The number of carboxylic acids is 1. The Kier molecular flexibility index (Phi) is 6.43. The van der Waals surface area contributed by atoms with Gasteiger partial charge in [-0.25, -0.2) is 13.6 Å². The average molecular weight is 518 g/mol. The van der Waals surface area contributed by atoms with Crippen LogP contribution in [-0.2, 0) is 0 Å². The Labute approximate surface area is 178 Å². The normalized spacial score (nSPS) is 14.1. The number of nitrogens with zero attached hydrogens (tertiary/aromatic N) is 1. The Morgan fingerprint density at radius 3 is 2.43 bits per heavy atom. The average Bonchev–Trinajstić information content (AvgIpc) is 2.67. The van der Waals surface area contributed by atoms with Crippen molar-refractivity contribution in [2.75, 3.05) is 29.9 Å². The molecule has 2 aromatic carbocycles. The van der Waals surface area contributed by atoms with Gasteiger partial charge in [0.15, 0.2) is 11.6 Å². The Balaban J connectivity index is 2.05. The van der Waals surface area contributed by atoms with Crippen molar-refractivity contribution in [3.8, 4) is 0 Å². The summed E-state index contributed by atoms with van der Waals surface area (Å²) in [5.41, 5.74) is -0.360. The molecule has 0 unspecified atom stereocenters. The van der Waals surface area contributed by atoms with E-state index in [0.717, 1.165) is 15.2 Å². The van der Waals surface area contributed by atoms with Gasteiger partial charge in [-0.15, -0.1) is 0 Å². The number of hydrogen-bond donors (Lipinski definition) is 2. The molecule has 0 spiro atoms. The number of nitrogens with one attached hydrogen (secondary N) is 1. The van der Waals surface area contributed by atoms with E-state index < -0.39 is 40.3 Å². The first-order valence-electron chi connectivity index (χ1n) is 8.45. The molecule has 2 aromatic rings. The summed E-state index contributed by atoms with van der Waals surface area (Å²) in [4.78, 5) is 25.7. The van der Waals surface area contributed by atoms with Gasteiger partial charge < -0.3 is 15.3 Å². The largest absolute Gasteiger partial charge is 0.478 e. The zero-order valence-electron chi connectivity index (χ0n) is 14.9. The maximum absolute atomic E-state index is 14.8. The molecule has 148 valence electrons. The van der Waals surface area contributed by atoms with Crippen molar-refractivity contribution in [1.29, 1.82) is 0 Å². The van der Waals surface area contributed by atoms with E-state index in [-0.39, 0.29) is 0 Å². The summed E-state index contributed by atoms with van der Waals surface area (Å²) >= 11 is 3.78. The van der Waals surface area contributed by atoms with Crippen LogP contribution < -0.4 is 5.32 Å². The maximum Gasteiger partial charge on any atom is 0.337 e. The minimum absolute atomic E-state index is 0.412. The van der Waals surface area contributed by atoms with Crippen LogP contribution in [0.15, 0.2) is 24.3 Å². The predicted octanol–water partition coefficient (Wildman–Crippen LogP) is 4.51. The van der Waals surface area contributed by atoms with Crippen LogP contribution in [0, 0.1) is 22.1 Å². The van der Waals surface area contributed by atoms with E-state index in [9.17, 15) is 23.5 Å². The molecule has 0 atom stereocenters. The van der Waals surface area contributed by atoms with Gasteiger partial charge in [0.05, 0.1) is 16.8 Å². The summed E-state index contributed by atoms with van der Waals surface area (Å²) in [6.45, 7) is 2.59. The van der Waals surface area contributed by atoms with Gasteiger partial charge in [0, 0.05) is 33.9 Å². The van der Waals surface area contributed by atoms with Crippen LogP contribution in [0.1, 0.15) is 26.3 Å². The maximum atomic E-state index is 14.8. The molecule has 1 amide bonds. The molecule has 3 rings (SSSR count). The lowest BCUT2D eigenvalue weighted by atomic mass is 10.0. The van der Waals surface area contributed by atoms with E-state index in [4.69, 9.17) is 0 Å². The third-order valence-corrected chi connectivity index (χ3v) is 6.03. The molecule has 28 heavy (non-hydrogen) atoms. The summed E-state index contributed by atoms with van der Waals surface area (Å²) in [6, 6.07) is 6.15.